The van der Waals surface area contributed by atoms with Crippen LogP contribution in [0.2, 0.25) is 0 Å². The van der Waals surface area contributed by atoms with Crippen LogP contribution in [-0.2, 0) is 13.6 Å². The number of aromatic nitrogens is 2. The highest BCUT2D eigenvalue weighted by Gasteiger charge is 2.22. The van der Waals surface area contributed by atoms with Gasteiger partial charge in [0.1, 0.15) is 0 Å². The highest BCUT2D eigenvalue weighted by molar-refractivity contribution is 5.32. The van der Waals surface area contributed by atoms with Gasteiger partial charge in [-0.05, 0) is 31.7 Å². The van der Waals surface area contributed by atoms with Crippen molar-refractivity contribution in [3.8, 4) is 6.07 Å². The molecular formula is C16H21N5. The monoisotopic (exact) mass is 283 g/mol. The molecule has 5 heteroatoms. The van der Waals surface area contributed by atoms with Crippen LogP contribution in [0.25, 0.3) is 0 Å². The van der Waals surface area contributed by atoms with Crippen LogP contribution in [0.1, 0.15) is 29.7 Å². The van der Waals surface area contributed by atoms with Crippen LogP contribution < -0.4 is 5.73 Å². The fraction of sp³-hybridized carbons (Fsp3) is 0.375. The summed E-state index contributed by atoms with van der Waals surface area (Å²) in [5.74, 6) is 0. The van der Waals surface area contributed by atoms with Crippen LogP contribution in [0.3, 0.4) is 0 Å². The second-order valence-electron chi connectivity index (χ2n) is 5.48. The number of nitrogens with zero attached hydrogens (tertiary/aromatic N) is 4. The highest BCUT2D eigenvalue weighted by Crippen LogP contribution is 2.23. The Labute approximate surface area is 125 Å². The molecule has 2 atom stereocenters. The quantitative estimate of drug-likeness (QED) is 0.908. The SMILES string of the molecule is CC(N)C(c1cnn(C)c1)N(C)Cc1cccc(C#N)c1. The van der Waals surface area contributed by atoms with Gasteiger partial charge in [-0.15, -0.1) is 0 Å². The van der Waals surface area contributed by atoms with E-state index in [4.69, 9.17) is 11.0 Å². The summed E-state index contributed by atoms with van der Waals surface area (Å²) in [7, 11) is 3.94. The lowest BCUT2D eigenvalue weighted by Crippen LogP contribution is -2.36. The molecule has 0 amide bonds. The lowest BCUT2D eigenvalue weighted by molar-refractivity contribution is 0.211. The van der Waals surface area contributed by atoms with E-state index in [0.717, 1.165) is 17.7 Å². The molecule has 2 rings (SSSR count). The Balaban J connectivity index is 2.19. The van der Waals surface area contributed by atoms with Gasteiger partial charge in [-0.2, -0.15) is 10.4 Å². The average molecular weight is 283 g/mol. The molecule has 0 fully saturated rings. The zero-order valence-corrected chi connectivity index (χ0v) is 12.7. The third kappa shape index (κ3) is 3.69. The van der Waals surface area contributed by atoms with E-state index in [1.165, 1.54) is 0 Å². The third-order valence-electron chi connectivity index (χ3n) is 3.53. The fourth-order valence-corrected chi connectivity index (χ4v) is 2.68. The van der Waals surface area contributed by atoms with Crippen molar-refractivity contribution in [2.45, 2.75) is 25.6 Å². The molecular weight excluding hydrogens is 262 g/mol. The lowest BCUT2D eigenvalue weighted by atomic mass is 10.0. The van der Waals surface area contributed by atoms with Gasteiger partial charge in [-0.25, -0.2) is 0 Å². The largest absolute Gasteiger partial charge is 0.326 e. The zero-order chi connectivity index (χ0) is 15.4. The van der Waals surface area contributed by atoms with Crippen molar-refractivity contribution in [1.29, 1.82) is 5.26 Å². The molecule has 2 aromatic rings. The Morgan fingerprint density at radius 3 is 2.81 bits per heavy atom. The second-order valence-corrected chi connectivity index (χ2v) is 5.48. The van der Waals surface area contributed by atoms with E-state index < -0.39 is 0 Å². The van der Waals surface area contributed by atoms with Crippen LogP contribution in [0.15, 0.2) is 36.7 Å². The van der Waals surface area contributed by atoms with Gasteiger partial charge in [0.2, 0.25) is 0 Å². The van der Waals surface area contributed by atoms with Crippen LogP contribution >= 0.6 is 0 Å². The normalized spacial score (nSPS) is 13.9. The number of rotatable bonds is 5. The second kappa shape index (κ2) is 6.53. The third-order valence-corrected chi connectivity index (χ3v) is 3.53. The van der Waals surface area contributed by atoms with Gasteiger partial charge in [0.15, 0.2) is 0 Å². The molecule has 0 saturated heterocycles. The molecule has 0 saturated carbocycles. The van der Waals surface area contributed by atoms with E-state index in [-0.39, 0.29) is 12.1 Å². The van der Waals surface area contributed by atoms with E-state index in [1.54, 1.807) is 4.68 Å². The van der Waals surface area contributed by atoms with E-state index in [2.05, 4.69) is 16.1 Å². The van der Waals surface area contributed by atoms with Gasteiger partial charge < -0.3 is 5.73 Å². The maximum absolute atomic E-state index is 8.98. The van der Waals surface area contributed by atoms with Crippen molar-refractivity contribution in [2.75, 3.05) is 7.05 Å². The number of nitrogens with two attached hydrogens (primary N) is 1. The van der Waals surface area contributed by atoms with Crippen LogP contribution in [0.5, 0.6) is 0 Å². The molecule has 0 spiro atoms. The van der Waals surface area contributed by atoms with Gasteiger partial charge >= 0.3 is 0 Å². The minimum atomic E-state index is -0.0154. The number of hydrogen-bond acceptors (Lipinski definition) is 4. The summed E-state index contributed by atoms with van der Waals surface area (Å²) in [6.07, 6.45) is 3.85. The van der Waals surface area contributed by atoms with Crippen LogP contribution in [0.4, 0.5) is 0 Å². The van der Waals surface area contributed by atoms with E-state index in [9.17, 15) is 0 Å². The Kier molecular flexibility index (Phi) is 4.73. The molecule has 21 heavy (non-hydrogen) atoms. The van der Waals surface area contributed by atoms with Crippen molar-refractivity contribution in [3.63, 3.8) is 0 Å². The molecule has 0 bridgehead atoms. The van der Waals surface area contributed by atoms with Crippen LogP contribution in [-0.4, -0.2) is 27.8 Å². The first-order chi connectivity index (χ1) is 10.0. The van der Waals surface area contributed by atoms with Gasteiger partial charge in [0, 0.05) is 31.4 Å². The van der Waals surface area contributed by atoms with Gasteiger partial charge in [0.25, 0.3) is 0 Å². The molecule has 0 aliphatic carbocycles. The Morgan fingerprint density at radius 1 is 1.48 bits per heavy atom. The number of benzene rings is 1. The molecule has 1 heterocycles. The van der Waals surface area contributed by atoms with Crippen molar-refractivity contribution < 1.29 is 0 Å². The summed E-state index contributed by atoms with van der Waals surface area (Å²) in [5, 5.41) is 13.2. The first-order valence-corrected chi connectivity index (χ1v) is 6.94. The van der Waals surface area contributed by atoms with Gasteiger partial charge in [-0.3, -0.25) is 9.58 Å². The minimum Gasteiger partial charge on any atom is -0.326 e. The zero-order valence-electron chi connectivity index (χ0n) is 12.7. The first kappa shape index (κ1) is 15.2. The topological polar surface area (TPSA) is 70.9 Å². The Bertz CT molecular complexity index is 638. The van der Waals surface area contributed by atoms with E-state index in [0.29, 0.717) is 5.56 Å². The number of nitriles is 1. The van der Waals surface area contributed by atoms with Crippen molar-refractivity contribution in [1.82, 2.24) is 14.7 Å². The number of hydrogen-bond donors (Lipinski definition) is 1. The van der Waals surface area contributed by atoms with Gasteiger partial charge in [-0.1, -0.05) is 12.1 Å². The Morgan fingerprint density at radius 2 is 2.24 bits per heavy atom. The fourth-order valence-electron chi connectivity index (χ4n) is 2.68. The smallest absolute Gasteiger partial charge is 0.0991 e. The first-order valence-electron chi connectivity index (χ1n) is 6.94. The molecule has 1 aromatic carbocycles. The maximum Gasteiger partial charge on any atom is 0.0991 e. The summed E-state index contributed by atoms with van der Waals surface area (Å²) in [6.45, 7) is 2.73. The molecule has 0 aliphatic rings. The lowest BCUT2D eigenvalue weighted by Gasteiger charge is -2.30. The van der Waals surface area contributed by atoms with Crippen molar-refractivity contribution >= 4 is 0 Å². The maximum atomic E-state index is 8.98. The number of likely N-dealkylation sites (N-methyl/N-ethyl adjacent to an activating group) is 1. The summed E-state index contributed by atoms with van der Waals surface area (Å²) < 4.78 is 1.79. The van der Waals surface area contributed by atoms with E-state index in [1.807, 2.05) is 57.7 Å². The Hall–Kier alpha value is -2.16. The average Bonchev–Trinajstić information content (AvgIpc) is 2.84. The molecule has 0 aliphatic heterocycles. The molecule has 0 radical (unpaired) electrons. The van der Waals surface area contributed by atoms with Crippen molar-refractivity contribution in [3.05, 3.63) is 53.3 Å². The van der Waals surface area contributed by atoms with E-state index >= 15 is 0 Å². The minimum absolute atomic E-state index is 0.0154. The van der Waals surface area contributed by atoms with Gasteiger partial charge in [0.05, 0.1) is 23.9 Å². The highest BCUT2D eigenvalue weighted by atomic mass is 15.2. The molecule has 2 N–H and O–H groups in total. The number of aryl methyl sites for hydroxylation is 1. The molecule has 5 nitrogen and oxygen atoms in total. The summed E-state index contributed by atoms with van der Waals surface area (Å²) in [4.78, 5) is 2.19. The predicted octanol–water partition coefficient (Wildman–Crippen LogP) is 1.81. The summed E-state index contributed by atoms with van der Waals surface area (Å²) in [5.41, 5.74) is 9.04. The summed E-state index contributed by atoms with van der Waals surface area (Å²) >= 11 is 0. The van der Waals surface area contributed by atoms with Crippen LogP contribution in [0, 0.1) is 11.3 Å². The van der Waals surface area contributed by atoms with Crippen molar-refractivity contribution in [2.24, 2.45) is 12.8 Å². The molecule has 2 unspecified atom stereocenters. The molecule has 110 valence electrons. The predicted molar refractivity (Wildman–Crippen MR) is 82.2 cm³/mol. The standard InChI is InChI=1S/C16H21N5/c1-12(18)16(15-9-19-21(3)11-15)20(2)10-14-6-4-5-13(7-14)8-17/h4-7,9,11-12,16H,10,18H2,1-3H3. The molecule has 1 aromatic heterocycles. The summed E-state index contributed by atoms with van der Waals surface area (Å²) in [6, 6.07) is 9.91.